The number of hydrogen-bond acceptors (Lipinski definition) is 6. The van der Waals surface area contributed by atoms with Gasteiger partial charge in [-0.25, -0.2) is 4.79 Å². The topological polar surface area (TPSA) is 97.6 Å². The number of aromatic nitrogens is 4. The smallest absolute Gasteiger partial charge is 0.331 e. The Labute approximate surface area is 245 Å². The monoisotopic (exact) mass is 584 g/mol. The molecule has 0 bridgehead atoms. The first-order chi connectivity index (χ1) is 19.9. The second-order valence-corrected chi connectivity index (χ2v) is 13.0. The van der Waals surface area contributed by atoms with Crippen LogP contribution >= 0.6 is 22.9 Å². The van der Waals surface area contributed by atoms with E-state index in [1.807, 2.05) is 24.3 Å². The summed E-state index contributed by atoms with van der Waals surface area (Å²) in [4.78, 5) is 31.3. The van der Waals surface area contributed by atoms with Gasteiger partial charge < -0.3 is 14.5 Å². The molecule has 208 valence electrons. The Morgan fingerprint density at radius 1 is 1.07 bits per heavy atom. The summed E-state index contributed by atoms with van der Waals surface area (Å²) >= 11 is 8.17. The van der Waals surface area contributed by atoms with Crippen LogP contribution in [-0.2, 0) is 19.6 Å². The molecule has 0 radical (unpaired) electrons. The quantitative estimate of drug-likeness (QED) is 0.282. The second kappa shape index (κ2) is 10.3. The number of fused-ring (bicyclic) bond motifs is 2. The number of rotatable bonds is 7. The summed E-state index contributed by atoms with van der Waals surface area (Å²) in [5.41, 5.74) is 2.81. The SMILES string of the molecule is N#CC1(Cn2ccc3cc(Cl)cc(-c4ccnc5cc(Cn6c(=O)ccn(CC7CC7)c6=O)sc45)c32)CCNCC1. The molecule has 1 saturated carbocycles. The van der Waals surface area contributed by atoms with E-state index in [9.17, 15) is 14.9 Å². The van der Waals surface area contributed by atoms with Gasteiger partial charge in [0.15, 0.2) is 0 Å². The molecule has 1 aliphatic heterocycles. The molecule has 1 aliphatic carbocycles. The van der Waals surface area contributed by atoms with Gasteiger partial charge in [-0.1, -0.05) is 11.6 Å². The molecule has 4 aromatic heterocycles. The fourth-order valence-electron chi connectivity index (χ4n) is 6.04. The molecule has 2 fully saturated rings. The summed E-state index contributed by atoms with van der Waals surface area (Å²) < 4.78 is 6.14. The van der Waals surface area contributed by atoms with Crippen molar-refractivity contribution in [1.82, 2.24) is 24.0 Å². The minimum absolute atomic E-state index is 0.198. The van der Waals surface area contributed by atoms with Crippen LogP contribution in [-0.4, -0.2) is 31.8 Å². The first-order valence-electron chi connectivity index (χ1n) is 14.0. The zero-order valence-corrected chi connectivity index (χ0v) is 24.0. The third-order valence-electron chi connectivity index (χ3n) is 8.45. The molecule has 1 N–H and O–H groups in total. The van der Waals surface area contributed by atoms with Crippen molar-refractivity contribution >= 4 is 44.1 Å². The van der Waals surface area contributed by atoms with E-state index >= 15 is 0 Å². The molecule has 2 aliphatic rings. The Morgan fingerprint density at radius 2 is 1.88 bits per heavy atom. The lowest BCUT2D eigenvalue weighted by molar-refractivity contribution is 0.247. The molecular formula is C31H29ClN6O2S. The number of nitrogens with zero attached hydrogens (tertiary/aromatic N) is 5. The van der Waals surface area contributed by atoms with E-state index in [1.54, 1.807) is 28.3 Å². The van der Waals surface area contributed by atoms with Crippen LogP contribution in [0.2, 0.25) is 5.02 Å². The third kappa shape index (κ3) is 4.90. The minimum atomic E-state index is -0.423. The van der Waals surface area contributed by atoms with Gasteiger partial charge in [-0.3, -0.25) is 14.3 Å². The highest BCUT2D eigenvalue weighted by molar-refractivity contribution is 7.19. The van der Waals surface area contributed by atoms with Crippen LogP contribution in [0.1, 0.15) is 30.6 Å². The van der Waals surface area contributed by atoms with Gasteiger partial charge in [0.05, 0.1) is 33.8 Å². The Hall–Kier alpha value is -3.71. The van der Waals surface area contributed by atoms with Crippen LogP contribution in [0.4, 0.5) is 0 Å². The fraction of sp³-hybridized carbons (Fsp3) is 0.355. The Kier molecular flexibility index (Phi) is 6.57. The zero-order chi connectivity index (χ0) is 28.1. The van der Waals surface area contributed by atoms with E-state index in [1.165, 1.54) is 10.6 Å². The van der Waals surface area contributed by atoms with Crippen molar-refractivity contribution in [3.8, 4) is 17.2 Å². The maximum atomic E-state index is 13.1. The zero-order valence-electron chi connectivity index (χ0n) is 22.5. The Bertz CT molecular complexity index is 1950. The number of hydrogen-bond donors (Lipinski definition) is 1. The van der Waals surface area contributed by atoms with Gasteiger partial charge in [0.1, 0.15) is 0 Å². The summed E-state index contributed by atoms with van der Waals surface area (Å²) in [5, 5.41) is 15.2. The molecule has 8 nitrogen and oxygen atoms in total. The Morgan fingerprint density at radius 3 is 2.66 bits per heavy atom. The van der Waals surface area contributed by atoms with Crippen molar-refractivity contribution in [2.45, 2.75) is 45.3 Å². The van der Waals surface area contributed by atoms with Crippen molar-refractivity contribution in [2.75, 3.05) is 13.1 Å². The molecule has 0 amide bonds. The van der Waals surface area contributed by atoms with Gasteiger partial charge in [0.2, 0.25) is 0 Å². The molecule has 41 heavy (non-hydrogen) atoms. The average Bonchev–Trinajstić information content (AvgIpc) is 3.56. The van der Waals surface area contributed by atoms with E-state index in [0.717, 1.165) is 75.9 Å². The lowest BCUT2D eigenvalue weighted by Gasteiger charge is -2.32. The molecule has 5 heterocycles. The molecule has 1 aromatic carbocycles. The highest BCUT2D eigenvalue weighted by atomic mass is 35.5. The van der Waals surface area contributed by atoms with Crippen molar-refractivity contribution in [1.29, 1.82) is 5.26 Å². The van der Waals surface area contributed by atoms with E-state index in [0.29, 0.717) is 24.0 Å². The normalized spacial score (nSPS) is 16.8. The number of benzene rings is 1. The second-order valence-electron chi connectivity index (χ2n) is 11.4. The van der Waals surface area contributed by atoms with Gasteiger partial charge in [0, 0.05) is 64.2 Å². The molecule has 0 unspecified atom stereocenters. The van der Waals surface area contributed by atoms with Gasteiger partial charge in [0.25, 0.3) is 5.56 Å². The maximum Gasteiger partial charge on any atom is 0.331 e. The average molecular weight is 585 g/mol. The van der Waals surface area contributed by atoms with Crippen molar-refractivity contribution in [3.05, 3.63) is 85.7 Å². The van der Waals surface area contributed by atoms with Crippen molar-refractivity contribution < 1.29 is 0 Å². The first-order valence-corrected chi connectivity index (χ1v) is 15.2. The predicted octanol–water partition coefficient (Wildman–Crippen LogP) is 5.25. The standard InChI is InChI=1S/C31H29ClN6O2S/c32-22-13-21-4-11-37(19-31(18-33)6-9-34-10-7-31)28(21)25(14-22)24-3-8-35-26-15-23(41-29(24)26)17-38-27(39)5-12-36(30(38)40)16-20-1-2-20/h3-5,8,11-15,20,34H,1-2,6-7,9-10,16-17,19H2. The third-order valence-corrected chi connectivity index (χ3v) is 9.82. The highest BCUT2D eigenvalue weighted by Gasteiger charge is 2.33. The van der Waals surface area contributed by atoms with Crippen LogP contribution in [0.15, 0.2) is 64.6 Å². The van der Waals surface area contributed by atoms with Gasteiger partial charge in [-0.05, 0) is 75.0 Å². The highest BCUT2D eigenvalue weighted by Crippen LogP contribution is 2.40. The molecule has 5 aromatic rings. The summed E-state index contributed by atoms with van der Waals surface area (Å²) in [5.74, 6) is 0.529. The number of pyridine rings is 1. The van der Waals surface area contributed by atoms with E-state index in [-0.39, 0.29) is 17.8 Å². The Balaban J connectivity index is 1.31. The van der Waals surface area contributed by atoms with Crippen molar-refractivity contribution in [3.63, 3.8) is 0 Å². The number of nitrogens with one attached hydrogen (secondary N) is 1. The minimum Gasteiger partial charge on any atom is -0.345 e. The van der Waals surface area contributed by atoms with Crippen LogP contribution in [0, 0.1) is 22.7 Å². The van der Waals surface area contributed by atoms with Crippen molar-refractivity contribution in [2.24, 2.45) is 11.3 Å². The van der Waals surface area contributed by atoms with Gasteiger partial charge in [-0.2, -0.15) is 5.26 Å². The molecule has 10 heteroatoms. The maximum absolute atomic E-state index is 13.1. The number of piperidine rings is 1. The summed E-state index contributed by atoms with van der Waals surface area (Å²) in [6, 6.07) is 14.1. The first kappa shape index (κ1) is 26.2. The lowest BCUT2D eigenvalue weighted by Crippen LogP contribution is -2.39. The van der Waals surface area contributed by atoms with E-state index < -0.39 is 5.41 Å². The predicted molar refractivity (Wildman–Crippen MR) is 162 cm³/mol. The van der Waals surface area contributed by atoms with Gasteiger partial charge in [-0.15, -0.1) is 11.3 Å². The van der Waals surface area contributed by atoms with E-state index in [2.05, 4.69) is 33.2 Å². The van der Waals surface area contributed by atoms with Gasteiger partial charge >= 0.3 is 5.69 Å². The number of halogens is 1. The fourth-order valence-corrected chi connectivity index (χ4v) is 7.40. The largest absolute Gasteiger partial charge is 0.345 e. The number of thiophene rings is 1. The van der Waals surface area contributed by atoms with E-state index in [4.69, 9.17) is 11.6 Å². The summed E-state index contributed by atoms with van der Waals surface area (Å²) in [6.07, 6.45) is 9.33. The van der Waals surface area contributed by atoms with Crippen LogP contribution in [0.3, 0.4) is 0 Å². The summed E-state index contributed by atoms with van der Waals surface area (Å²) in [6.45, 7) is 3.14. The van der Waals surface area contributed by atoms with Crippen LogP contribution in [0.25, 0.3) is 32.2 Å². The van der Waals surface area contributed by atoms with Crippen LogP contribution < -0.4 is 16.6 Å². The molecule has 1 saturated heterocycles. The number of nitriles is 1. The summed E-state index contributed by atoms with van der Waals surface area (Å²) in [7, 11) is 0. The molecule has 0 atom stereocenters. The molecule has 7 rings (SSSR count). The molecule has 0 spiro atoms. The lowest BCUT2D eigenvalue weighted by atomic mass is 9.80. The molecular weight excluding hydrogens is 556 g/mol. The van der Waals surface area contributed by atoms with Crippen LogP contribution in [0.5, 0.6) is 0 Å².